The van der Waals surface area contributed by atoms with Gasteiger partial charge in [-0.3, -0.25) is 4.79 Å². The number of carbonyl (C=O) groups is 2. The normalized spacial score (nSPS) is 11.7. The van der Waals surface area contributed by atoms with E-state index in [0.717, 1.165) is 11.3 Å². The van der Waals surface area contributed by atoms with Gasteiger partial charge in [0.1, 0.15) is 5.76 Å². The van der Waals surface area contributed by atoms with Crippen LogP contribution in [0.3, 0.4) is 0 Å². The Bertz CT molecular complexity index is 872. The van der Waals surface area contributed by atoms with Crippen molar-refractivity contribution < 1.29 is 19.1 Å². The average molecular weight is 349 g/mol. The van der Waals surface area contributed by atoms with E-state index in [0.29, 0.717) is 13.0 Å². The predicted molar refractivity (Wildman–Crippen MR) is 97.3 cm³/mol. The monoisotopic (exact) mass is 349 g/mol. The number of carboxylic acids is 1. The number of hydrogen-bond donors (Lipinski definition) is 2. The van der Waals surface area contributed by atoms with Crippen LogP contribution in [-0.2, 0) is 0 Å². The number of aromatic carboxylic acids is 1. The van der Waals surface area contributed by atoms with Crippen molar-refractivity contribution in [1.82, 2.24) is 5.32 Å². The molecule has 0 bridgehead atoms. The summed E-state index contributed by atoms with van der Waals surface area (Å²) in [6.45, 7) is 0.396. The number of hydrogen-bond acceptors (Lipinski definition) is 3. The largest absolute Gasteiger partial charge is 0.478 e. The van der Waals surface area contributed by atoms with Crippen molar-refractivity contribution in [1.29, 1.82) is 0 Å². The number of rotatable bonds is 7. The van der Waals surface area contributed by atoms with Crippen LogP contribution in [0, 0.1) is 0 Å². The maximum atomic E-state index is 12.4. The number of furan rings is 1. The fraction of sp³-hybridized carbons (Fsp3) is 0.143. The van der Waals surface area contributed by atoms with Crippen LogP contribution in [0.5, 0.6) is 0 Å². The second-order valence-corrected chi connectivity index (χ2v) is 5.87. The van der Waals surface area contributed by atoms with Crippen molar-refractivity contribution in [3.8, 4) is 0 Å². The van der Waals surface area contributed by atoms with Crippen LogP contribution in [0.1, 0.15) is 44.4 Å². The molecule has 5 heteroatoms. The van der Waals surface area contributed by atoms with Crippen molar-refractivity contribution in [3.05, 3.63) is 95.4 Å². The molecule has 2 aromatic carbocycles. The number of nitrogens with one attached hydrogen (secondary N) is 1. The fourth-order valence-corrected chi connectivity index (χ4v) is 2.94. The van der Waals surface area contributed by atoms with Gasteiger partial charge in [-0.2, -0.15) is 0 Å². The van der Waals surface area contributed by atoms with E-state index in [2.05, 4.69) is 5.32 Å². The molecule has 0 aliphatic heterocycles. The molecule has 0 unspecified atom stereocenters. The molecule has 3 aromatic rings. The number of benzene rings is 2. The molecule has 0 fully saturated rings. The van der Waals surface area contributed by atoms with Crippen molar-refractivity contribution in [2.75, 3.05) is 6.54 Å². The highest BCUT2D eigenvalue weighted by Crippen LogP contribution is 2.27. The fourth-order valence-electron chi connectivity index (χ4n) is 2.94. The van der Waals surface area contributed by atoms with Gasteiger partial charge in [0.25, 0.3) is 5.91 Å². The van der Waals surface area contributed by atoms with Crippen LogP contribution < -0.4 is 5.32 Å². The molecule has 26 heavy (non-hydrogen) atoms. The molecule has 1 amide bonds. The summed E-state index contributed by atoms with van der Waals surface area (Å²) in [5, 5.41) is 12.0. The Morgan fingerprint density at radius 1 is 0.923 bits per heavy atom. The Kier molecular flexibility index (Phi) is 5.49. The molecule has 1 heterocycles. The first-order chi connectivity index (χ1) is 12.7. The molecule has 2 N–H and O–H groups in total. The van der Waals surface area contributed by atoms with Crippen molar-refractivity contribution in [2.24, 2.45) is 0 Å². The van der Waals surface area contributed by atoms with E-state index in [-0.39, 0.29) is 17.0 Å². The van der Waals surface area contributed by atoms with E-state index in [4.69, 9.17) is 4.42 Å². The molecule has 132 valence electrons. The van der Waals surface area contributed by atoms with E-state index >= 15 is 0 Å². The van der Waals surface area contributed by atoms with E-state index in [1.165, 1.54) is 12.1 Å². The second-order valence-electron chi connectivity index (χ2n) is 5.87. The molecular weight excluding hydrogens is 330 g/mol. The predicted octanol–water partition coefficient (Wildman–Crippen LogP) is 3.93. The molecule has 0 aliphatic rings. The Morgan fingerprint density at radius 2 is 1.62 bits per heavy atom. The molecule has 1 aromatic heterocycles. The van der Waals surface area contributed by atoms with E-state index in [1.807, 2.05) is 42.5 Å². The zero-order chi connectivity index (χ0) is 18.4. The van der Waals surface area contributed by atoms with E-state index < -0.39 is 11.9 Å². The zero-order valence-corrected chi connectivity index (χ0v) is 14.1. The molecule has 3 rings (SSSR count). The highest BCUT2D eigenvalue weighted by molar-refractivity contribution is 6.04. The second kappa shape index (κ2) is 8.16. The average Bonchev–Trinajstić information content (AvgIpc) is 3.20. The first-order valence-electron chi connectivity index (χ1n) is 8.35. The first-order valence-corrected chi connectivity index (χ1v) is 8.35. The molecule has 0 saturated heterocycles. The van der Waals surface area contributed by atoms with Gasteiger partial charge >= 0.3 is 5.97 Å². The Balaban J connectivity index is 1.69. The third-order valence-electron chi connectivity index (χ3n) is 4.21. The summed E-state index contributed by atoms with van der Waals surface area (Å²) in [7, 11) is 0. The molecular formula is C21H19NO4. The number of carboxylic acid groups (broad SMARTS) is 1. The molecule has 5 nitrogen and oxygen atoms in total. The molecule has 1 atom stereocenters. The highest BCUT2D eigenvalue weighted by Gasteiger charge is 2.19. The zero-order valence-electron chi connectivity index (χ0n) is 14.1. The lowest BCUT2D eigenvalue weighted by molar-refractivity contribution is 0.0691. The van der Waals surface area contributed by atoms with Crippen molar-refractivity contribution in [3.63, 3.8) is 0 Å². The van der Waals surface area contributed by atoms with Crippen LogP contribution in [0.25, 0.3) is 0 Å². The Labute approximate surface area is 151 Å². The summed E-state index contributed by atoms with van der Waals surface area (Å²) in [4.78, 5) is 23.6. The number of carbonyl (C=O) groups excluding carboxylic acids is 1. The van der Waals surface area contributed by atoms with Gasteiger partial charge in [-0.1, -0.05) is 42.5 Å². The summed E-state index contributed by atoms with van der Waals surface area (Å²) in [5.41, 5.74) is 1.26. The van der Waals surface area contributed by atoms with Gasteiger partial charge in [-0.05, 0) is 36.2 Å². The highest BCUT2D eigenvalue weighted by atomic mass is 16.4. The van der Waals surface area contributed by atoms with Crippen LogP contribution in [0.2, 0.25) is 0 Å². The van der Waals surface area contributed by atoms with Crippen LogP contribution in [0.15, 0.2) is 77.4 Å². The van der Waals surface area contributed by atoms with Gasteiger partial charge in [0.15, 0.2) is 0 Å². The summed E-state index contributed by atoms with van der Waals surface area (Å²) >= 11 is 0. The van der Waals surface area contributed by atoms with Crippen LogP contribution in [0.4, 0.5) is 0 Å². The minimum Gasteiger partial charge on any atom is -0.478 e. The van der Waals surface area contributed by atoms with Crippen molar-refractivity contribution >= 4 is 11.9 Å². The maximum Gasteiger partial charge on any atom is 0.336 e. The van der Waals surface area contributed by atoms with E-state index in [9.17, 15) is 14.7 Å². The van der Waals surface area contributed by atoms with Crippen molar-refractivity contribution in [2.45, 2.75) is 12.3 Å². The smallest absolute Gasteiger partial charge is 0.336 e. The summed E-state index contributed by atoms with van der Waals surface area (Å²) in [5.74, 6) is -0.666. The van der Waals surface area contributed by atoms with Gasteiger partial charge in [-0.15, -0.1) is 0 Å². The minimum atomic E-state index is -1.12. The Hall–Kier alpha value is -3.34. The van der Waals surface area contributed by atoms with E-state index in [1.54, 1.807) is 18.4 Å². The van der Waals surface area contributed by atoms with Gasteiger partial charge in [0.05, 0.1) is 17.4 Å². The topological polar surface area (TPSA) is 79.5 Å². The molecule has 0 aliphatic carbocycles. The molecule has 0 saturated carbocycles. The number of amides is 1. The first kappa shape index (κ1) is 17.5. The minimum absolute atomic E-state index is 0.00403. The third-order valence-corrected chi connectivity index (χ3v) is 4.21. The van der Waals surface area contributed by atoms with Gasteiger partial charge in [0.2, 0.25) is 0 Å². The summed E-state index contributed by atoms with van der Waals surface area (Å²) < 4.78 is 5.55. The standard InChI is InChI=1S/C21H19NO4/c23-20(17-9-4-5-10-18(17)21(24)25)22-13-12-16(19-11-6-14-26-19)15-7-2-1-3-8-15/h1-11,14,16H,12-13H2,(H,22,23)(H,24,25)/t16-/m1/s1. The van der Waals surface area contributed by atoms with Gasteiger partial charge in [-0.25, -0.2) is 4.79 Å². The quantitative estimate of drug-likeness (QED) is 0.677. The third kappa shape index (κ3) is 4.00. The lowest BCUT2D eigenvalue weighted by Crippen LogP contribution is -2.27. The van der Waals surface area contributed by atoms with Gasteiger partial charge in [0, 0.05) is 12.5 Å². The lowest BCUT2D eigenvalue weighted by atomic mass is 9.93. The van der Waals surface area contributed by atoms with Gasteiger partial charge < -0.3 is 14.8 Å². The summed E-state index contributed by atoms with van der Waals surface area (Å²) in [6, 6.07) is 19.9. The SMILES string of the molecule is O=C(O)c1ccccc1C(=O)NCC[C@H](c1ccccc1)c1ccco1. The van der Waals surface area contributed by atoms with Crippen LogP contribution >= 0.6 is 0 Å². The molecule has 0 radical (unpaired) electrons. The van der Waals surface area contributed by atoms with Crippen LogP contribution in [-0.4, -0.2) is 23.5 Å². The lowest BCUT2D eigenvalue weighted by Gasteiger charge is -2.16. The Morgan fingerprint density at radius 3 is 2.27 bits per heavy atom. The maximum absolute atomic E-state index is 12.4. The summed E-state index contributed by atoms with van der Waals surface area (Å²) in [6.07, 6.45) is 2.27. The molecule has 0 spiro atoms.